The first-order valence-corrected chi connectivity index (χ1v) is 9.10. The number of rotatable bonds is 7. The summed E-state index contributed by atoms with van der Waals surface area (Å²) >= 11 is 0. The van der Waals surface area contributed by atoms with Crippen molar-refractivity contribution in [3.8, 4) is 5.75 Å². The number of benzene rings is 1. The molecule has 1 aliphatic heterocycles. The minimum Gasteiger partial charge on any atom is -0.494 e. The van der Waals surface area contributed by atoms with E-state index < -0.39 is 0 Å². The van der Waals surface area contributed by atoms with E-state index in [2.05, 4.69) is 25.8 Å². The molecule has 2 aromatic rings. The van der Waals surface area contributed by atoms with Gasteiger partial charge in [0.1, 0.15) is 11.6 Å². The molecule has 26 heavy (non-hydrogen) atoms. The Labute approximate surface area is 154 Å². The number of hydrogen-bond acceptors (Lipinski definition) is 7. The number of ether oxygens (including phenoxy) is 1. The molecule has 3 rings (SSSR count). The number of nitrogen functional groups attached to an aromatic ring is 1. The maximum atomic E-state index is 9.53. The fraction of sp³-hybridized carbons (Fsp3) is 0.474. The van der Waals surface area contributed by atoms with E-state index in [0.717, 1.165) is 37.7 Å². The molecule has 7 nitrogen and oxygen atoms in total. The minimum atomic E-state index is 0.161. The summed E-state index contributed by atoms with van der Waals surface area (Å²) in [5, 5.41) is 9.53. The zero-order chi connectivity index (χ0) is 18.4. The highest BCUT2D eigenvalue weighted by Gasteiger charge is 2.28. The van der Waals surface area contributed by atoms with Gasteiger partial charge in [0.05, 0.1) is 6.61 Å². The molecule has 0 amide bonds. The van der Waals surface area contributed by atoms with Gasteiger partial charge in [-0.25, -0.2) is 4.98 Å². The molecule has 0 unspecified atom stereocenters. The first kappa shape index (κ1) is 18.4. The molecule has 1 aromatic heterocycles. The van der Waals surface area contributed by atoms with Gasteiger partial charge in [0.15, 0.2) is 0 Å². The second-order valence-electron chi connectivity index (χ2n) is 6.40. The lowest BCUT2D eigenvalue weighted by Gasteiger charge is -2.42. The van der Waals surface area contributed by atoms with Gasteiger partial charge in [-0.1, -0.05) is 18.2 Å². The third-order valence-electron chi connectivity index (χ3n) is 4.70. The molecule has 1 atom stereocenters. The van der Waals surface area contributed by atoms with Crippen LogP contribution in [0.15, 0.2) is 36.5 Å². The van der Waals surface area contributed by atoms with Crippen LogP contribution in [-0.4, -0.2) is 58.9 Å². The van der Waals surface area contributed by atoms with E-state index in [-0.39, 0.29) is 18.6 Å². The lowest BCUT2D eigenvalue weighted by molar-refractivity contribution is 0.134. The highest BCUT2D eigenvalue weighted by Crippen LogP contribution is 2.25. The Morgan fingerprint density at radius 2 is 2.12 bits per heavy atom. The molecule has 1 aromatic carbocycles. The monoisotopic (exact) mass is 357 g/mol. The van der Waals surface area contributed by atoms with Gasteiger partial charge in [0.2, 0.25) is 5.95 Å². The number of aromatic nitrogens is 2. The van der Waals surface area contributed by atoms with Crippen molar-refractivity contribution in [2.45, 2.75) is 25.9 Å². The zero-order valence-electron chi connectivity index (χ0n) is 15.2. The number of aliphatic hydroxyl groups excluding tert-OH is 1. The van der Waals surface area contributed by atoms with Gasteiger partial charge in [-0.3, -0.25) is 4.90 Å². The Kier molecular flexibility index (Phi) is 6.25. The quantitative estimate of drug-likeness (QED) is 0.777. The Morgan fingerprint density at radius 1 is 1.27 bits per heavy atom. The topological polar surface area (TPSA) is 87.7 Å². The maximum absolute atomic E-state index is 9.53. The summed E-state index contributed by atoms with van der Waals surface area (Å²) < 4.78 is 5.76. The number of nitrogens with two attached hydrogens (primary N) is 1. The Hall–Kier alpha value is -2.38. The van der Waals surface area contributed by atoms with Crippen LogP contribution in [-0.2, 0) is 6.54 Å². The predicted octanol–water partition coefficient (Wildman–Crippen LogP) is 1.53. The van der Waals surface area contributed by atoms with Crippen LogP contribution >= 0.6 is 0 Å². The van der Waals surface area contributed by atoms with E-state index in [1.54, 1.807) is 6.20 Å². The van der Waals surface area contributed by atoms with E-state index in [0.29, 0.717) is 13.0 Å². The van der Waals surface area contributed by atoms with E-state index >= 15 is 0 Å². The molecule has 2 heterocycles. The SMILES string of the molecule is CCOc1ccccc1CN1CCN(c2ccnc(N)n2)C[C@@H]1CCO. The summed E-state index contributed by atoms with van der Waals surface area (Å²) in [5.74, 6) is 2.06. The van der Waals surface area contributed by atoms with Gasteiger partial charge in [-0.2, -0.15) is 4.98 Å². The number of anilines is 2. The third-order valence-corrected chi connectivity index (χ3v) is 4.70. The fourth-order valence-corrected chi connectivity index (χ4v) is 3.42. The van der Waals surface area contributed by atoms with Crippen molar-refractivity contribution in [2.24, 2.45) is 0 Å². The molecule has 1 aliphatic rings. The van der Waals surface area contributed by atoms with Crippen LogP contribution in [0.5, 0.6) is 5.75 Å². The maximum Gasteiger partial charge on any atom is 0.221 e. The number of para-hydroxylation sites is 1. The largest absolute Gasteiger partial charge is 0.494 e. The van der Waals surface area contributed by atoms with Crippen molar-refractivity contribution in [3.63, 3.8) is 0 Å². The molecular formula is C19H27N5O2. The molecule has 3 N–H and O–H groups in total. The van der Waals surface area contributed by atoms with Crippen LogP contribution in [0.1, 0.15) is 18.9 Å². The van der Waals surface area contributed by atoms with Gasteiger partial charge in [0, 0.05) is 50.6 Å². The molecule has 0 bridgehead atoms. The fourth-order valence-electron chi connectivity index (χ4n) is 3.42. The van der Waals surface area contributed by atoms with Crippen LogP contribution in [0.3, 0.4) is 0 Å². The van der Waals surface area contributed by atoms with Crippen molar-refractivity contribution in [1.29, 1.82) is 0 Å². The third kappa shape index (κ3) is 4.42. The second kappa shape index (κ2) is 8.82. The summed E-state index contributed by atoms with van der Waals surface area (Å²) in [6.07, 6.45) is 2.40. The lowest BCUT2D eigenvalue weighted by atomic mass is 10.1. The van der Waals surface area contributed by atoms with Gasteiger partial charge < -0.3 is 20.5 Å². The Morgan fingerprint density at radius 3 is 2.88 bits per heavy atom. The molecule has 7 heteroatoms. The van der Waals surface area contributed by atoms with E-state index in [4.69, 9.17) is 10.5 Å². The number of hydrogen-bond donors (Lipinski definition) is 2. The first-order valence-electron chi connectivity index (χ1n) is 9.10. The van der Waals surface area contributed by atoms with Crippen molar-refractivity contribution in [1.82, 2.24) is 14.9 Å². The van der Waals surface area contributed by atoms with Gasteiger partial charge in [-0.05, 0) is 25.5 Å². The predicted molar refractivity (Wildman–Crippen MR) is 102 cm³/mol. The highest BCUT2D eigenvalue weighted by atomic mass is 16.5. The van der Waals surface area contributed by atoms with Crippen LogP contribution < -0.4 is 15.4 Å². The van der Waals surface area contributed by atoms with Crippen molar-refractivity contribution in [2.75, 3.05) is 43.5 Å². The molecule has 0 radical (unpaired) electrons. The summed E-state index contributed by atoms with van der Waals surface area (Å²) in [4.78, 5) is 12.9. The summed E-state index contributed by atoms with van der Waals surface area (Å²) in [5.41, 5.74) is 6.90. The Bertz CT molecular complexity index is 712. The van der Waals surface area contributed by atoms with E-state index in [1.165, 1.54) is 5.56 Å². The van der Waals surface area contributed by atoms with Gasteiger partial charge >= 0.3 is 0 Å². The second-order valence-corrected chi connectivity index (χ2v) is 6.40. The molecule has 140 valence electrons. The smallest absolute Gasteiger partial charge is 0.221 e. The van der Waals surface area contributed by atoms with Crippen molar-refractivity contribution >= 4 is 11.8 Å². The van der Waals surface area contributed by atoms with E-state index in [9.17, 15) is 5.11 Å². The van der Waals surface area contributed by atoms with E-state index in [1.807, 2.05) is 31.2 Å². The van der Waals surface area contributed by atoms with Gasteiger partial charge in [0.25, 0.3) is 0 Å². The number of nitrogens with zero attached hydrogens (tertiary/aromatic N) is 4. The van der Waals surface area contributed by atoms with Crippen molar-refractivity contribution in [3.05, 3.63) is 42.1 Å². The van der Waals surface area contributed by atoms with Crippen molar-refractivity contribution < 1.29 is 9.84 Å². The molecule has 0 spiro atoms. The zero-order valence-corrected chi connectivity index (χ0v) is 15.2. The summed E-state index contributed by atoms with van der Waals surface area (Å²) in [6, 6.07) is 10.3. The molecular weight excluding hydrogens is 330 g/mol. The van der Waals surface area contributed by atoms with Crippen LogP contribution in [0.2, 0.25) is 0 Å². The summed E-state index contributed by atoms with van der Waals surface area (Å²) in [6.45, 7) is 6.16. The molecule has 1 fully saturated rings. The molecule has 0 saturated carbocycles. The van der Waals surface area contributed by atoms with Crippen LogP contribution in [0, 0.1) is 0 Å². The standard InChI is InChI=1S/C19H27N5O2/c1-2-26-17-6-4-3-5-15(17)13-23-10-11-24(14-16(23)8-12-25)18-7-9-21-19(20)22-18/h3-7,9,16,25H,2,8,10-14H2,1H3,(H2,20,21,22)/t16-/m0/s1. The lowest BCUT2D eigenvalue weighted by Crippen LogP contribution is -2.53. The average Bonchev–Trinajstić information content (AvgIpc) is 2.65. The minimum absolute atomic E-state index is 0.161. The highest BCUT2D eigenvalue weighted by molar-refractivity contribution is 5.42. The van der Waals surface area contributed by atoms with Crippen LogP contribution in [0.4, 0.5) is 11.8 Å². The Balaban J connectivity index is 1.73. The normalized spacial score (nSPS) is 18.1. The number of piperazine rings is 1. The number of aliphatic hydroxyl groups is 1. The molecule has 0 aliphatic carbocycles. The average molecular weight is 357 g/mol. The molecule has 1 saturated heterocycles. The van der Waals surface area contributed by atoms with Crippen LogP contribution in [0.25, 0.3) is 0 Å². The van der Waals surface area contributed by atoms with Gasteiger partial charge in [-0.15, -0.1) is 0 Å². The first-order chi connectivity index (χ1) is 12.7. The summed E-state index contributed by atoms with van der Waals surface area (Å²) in [7, 11) is 0.